The van der Waals surface area contributed by atoms with Crippen LogP contribution in [0.5, 0.6) is 5.75 Å². The normalized spacial score (nSPS) is 16.0. The first-order valence-electron chi connectivity index (χ1n) is 10.3. The van der Waals surface area contributed by atoms with Gasteiger partial charge < -0.3 is 9.64 Å². The molecule has 1 fully saturated rings. The molecule has 9 heteroatoms. The van der Waals surface area contributed by atoms with Crippen molar-refractivity contribution in [3.63, 3.8) is 0 Å². The van der Waals surface area contributed by atoms with E-state index in [9.17, 15) is 22.4 Å². The van der Waals surface area contributed by atoms with Gasteiger partial charge in [-0.2, -0.15) is 13.2 Å². The molecule has 0 spiro atoms. The molecule has 0 N–H and O–H groups in total. The first-order valence-corrected chi connectivity index (χ1v) is 10.3. The smallest absolute Gasteiger partial charge is 0.433 e. The number of carbonyl (C=O) groups excluding carboxylic acids is 1. The van der Waals surface area contributed by atoms with Crippen LogP contribution in [0.4, 0.5) is 17.6 Å². The van der Waals surface area contributed by atoms with E-state index in [1.165, 1.54) is 11.0 Å². The van der Waals surface area contributed by atoms with Crippen molar-refractivity contribution >= 4 is 11.6 Å². The SMILES string of the molecule is C=C(F)C(=O)N1CCC(C(=C/N=C(C)C)/C(=C/CC)Oc2ccc(C(F)(F)F)nc2)CC1. The average molecular weight is 453 g/mol. The van der Waals surface area contributed by atoms with Crippen LogP contribution in [0.15, 0.2) is 59.3 Å². The van der Waals surface area contributed by atoms with Crippen LogP contribution in [-0.2, 0) is 11.0 Å². The number of ether oxygens (including phenoxy) is 1. The molecule has 2 rings (SSSR count). The highest BCUT2D eigenvalue weighted by molar-refractivity contribution is 5.90. The standard InChI is InChI=1S/C23H27F4N3O2/c1-5-6-20(32-18-7-8-21(29-13-18)23(25,26)27)19(14-28-15(2)3)17-9-11-30(12-10-17)22(31)16(4)24/h6-8,13-14,17H,4-5,9-12H2,1-3H3/b19-14-,20-6-. The predicted octanol–water partition coefficient (Wildman–Crippen LogP) is 5.86. The van der Waals surface area contributed by atoms with E-state index in [0.717, 1.165) is 23.5 Å². The summed E-state index contributed by atoms with van der Waals surface area (Å²) in [6.45, 7) is 9.35. The summed E-state index contributed by atoms with van der Waals surface area (Å²) < 4.78 is 57.5. The van der Waals surface area contributed by atoms with Gasteiger partial charge >= 0.3 is 6.18 Å². The maximum atomic E-state index is 13.2. The Morgan fingerprint density at radius 2 is 1.97 bits per heavy atom. The van der Waals surface area contributed by atoms with E-state index in [1.807, 2.05) is 26.8 Å². The van der Waals surface area contributed by atoms with Crippen LogP contribution < -0.4 is 4.74 Å². The lowest BCUT2D eigenvalue weighted by Gasteiger charge is -2.33. The zero-order valence-electron chi connectivity index (χ0n) is 18.4. The monoisotopic (exact) mass is 453 g/mol. The van der Waals surface area contributed by atoms with Gasteiger partial charge in [-0.1, -0.05) is 13.5 Å². The summed E-state index contributed by atoms with van der Waals surface area (Å²) in [5.74, 6) is -1.10. The van der Waals surface area contributed by atoms with Gasteiger partial charge in [-0.25, -0.2) is 9.37 Å². The number of pyridine rings is 1. The zero-order valence-corrected chi connectivity index (χ0v) is 18.4. The van der Waals surface area contributed by atoms with Crippen LogP contribution in [0, 0.1) is 5.92 Å². The fourth-order valence-electron chi connectivity index (χ4n) is 3.27. The zero-order chi connectivity index (χ0) is 23.9. The van der Waals surface area contributed by atoms with E-state index in [4.69, 9.17) is 4.74 Å². The summed E-state index contributed by atoms with van der Waals surface area (Å²) in [6, 6.07) is 2.09. The Bertz CT molecular complexity index is 906. The number of aromatic nitrogens is 1. The van der Waals surface area contributed by atoms with Gasteiger partial charge in [-0.3, -0.25) is 9.79 Å². The third-order valence-electron chi connectivity index (χ3n) is 4.84. The van der Waals surface area contributed by atoms with E-state index in [-0.39, 0.29) is 11.7 Å². The molecule has 2 heterocycles. The van der Waals surface area contributed by atoms with Gasteiger partial charge in [-0.05, 0) is 57.2 Å². The quantitative estimate of drug-likeness (QED) is 0.171. The number of hydrogen-bond donors (Lipinski definition) is 0. The fourth-order valence-corrected chi connectivity index (χ4v) is 3.27. The van der Waals surface area contributed by atoms with Gasteiger partial charge in [0.15, 0.2) is 5.83 Å². The number of rotatable bonds is 7. The lowest BCUT2D eigenvalue weighted by atomic mass is 9.88. The van der Waals surface area contributed by atoms with Crippen LogP contribution in [0.3, 0.4) is 0 Å². The van der Waals surface area contributed by atoms with Crippen molar-refractivity contribution in [3.8, 4) is 5.75 Å². The Hall–Kier alpha value is -2.97. The molecule has 0 radical (unpaired) electrons. The fraction of sp³-hybridized carbons (Fsp3) is 0.435. The molecule has 0 aliphatic carbocycles. The molecule has 1 aromatic heterocycles. The molecule has 1 aliphatic heterocycles. The van der Waals surface area contributed by atoms with Gasteiger partial charge in [0.25, 0.3) is 5.91 Å². The first kappa shape index (κ1) is 25.3. The maximum Gasteiger partial charge on any atom is 0.433 e. The van der Waals surface area contributed by atoms with Gasteiger partial charge in [0.2, 0.25) is 0 Å². The summed E-state index contributed by atoms with van der Waals surface area (Å²) >= 11 is 0. The van der Waals surface area contributed by atoms with Crippen LogP contribution in [0.2, 0.25) is 0 Å². The molecule has 1 aromatic rings. The molecule has 0 bridgehead atoms. The Morgan fingerprint density at radius 3 is 2.44 bits per heavy atom. The lowest BCUT2D eigenvalue weighted by Crippen LogP contribution is -2.39. The number of halogens is 4. The largest absolute Gasteiger partial charge is 0.456 e. The molecule has 32 heavy (non-hydrogen) atoms. The molecule has 1 aliphatic rings. The number of alkyl halides is 3. The van der Waals surface area contributed by atoms with Gasteiger partial charge in [0.05, 0.1) is 6.20 Å². The summed E-state index contributed by atoms with van der Waals surface area (Å²) in [4.78, 5) is 21.1. The summed E-state index contributed by atoms with van der Waals surface area (Å²) in [5.41, 5.74) is 0.578. The van der Waals surface area contributed by atoms with Crippen molar-refractivity contribution in [1.29, 1.82) is 0 Å². The Labute approximate surface area is 185 Å². The van der Waals surface area contributed by atoms with E-state index in [2.05, 4.69) is 16.6 Å². The topological polar surface area (TPSA) is 54.8 Å². The summed E-state index contributed by atoms with van der Waals surface area (Å²) in [7, 11) is 0. The minimum absolute atomic E-state index is 0.0322. The van der Waals surface area contributed by atoms with Crippen LogP contribution in [0.1, 0.15) is 45.7 Å². The van der Waals surface area contributed by atoms with Crippen molar-refractivity contribution in [2.75, 3.05) is 13.1 Å². The van der Waals surface area contributed by atoms with Gasteiger partial charge in [0.1, 0.15) is 17.2 Å². The summed E-state index contributed by atoms with van der Waals surface area (Å²) in [5, 5.41) is 0. The molecule has 1 amide bonds. The van der Waals surface area contributed by atoms with Crippen molar-refractivity contribution in [2.45, 2.75) is 46.2 Å². The number of hydrogen-bond acceptors (Lipinski definition) is 4. The average Bonchev–Trinajstić information content (AvgIpc) is 2.73. The van der Waals surface area contributed by atoms with Gasteiger partial charge in [0, 0.05) is 30.6 Å². The molecule has 1 saturated heterocycles. The molecule has 0 saturated carbocycles. The lowest BCUT2D eigenvalue weighted by molar-refractivity contribution is -0.141. The maximum absolute atomic E-state index is 13.2. The second-order valence-corrected chi connectivity index (χ2v) is 7.59. The molecule has 0 aromatic carbocycles. The second kappa shape index (κ2) is 11.1. The van der Waals surface area contributed by atoms with Crippen molar-refractivity contribution in [1.82, 2.24) is 9.88 Å². The molecule has 5 nitrogen and oxygen atoms in total. The molecular weight excluding hydrogens is 426 g/mol. The minimum atomic E-state index is -4.53. The molecule has 174 valence electrons. The highest BCUT2D eigenvalue weighted by Gasteiger charge is 2.32. The Balaban J connectivity index is 2.28. The number of likely N-dealkylation sites (tertiary alicyclic amines) is 1. The molecule has 0 atom stereocenters. The van der Waals surface area contributed by atoms with Crippen molar-refractivity contribution in [3.05, 3.63) is 60.0 Å². The van der Waals surface area contributed by atoms with E-state index in [0.29, 0.717) is 38.1 Å². The van der Waals surface area contributed by atoms with Crippen molar-refractivity contribution in [2.24, 2.45) is 10.9 Å². The number of piperidine rings is 1. The van der Waals surface area contributed by atoms with Gasteiger partial charge in [-0.15, -0.1) is 0 Å². The Kier molecular flexibility index (Phi) is 8.74. The Morgan fingerprint density at radius 1 is 1.31 bits per heavy atom. The number of carbonyl (C=O) groups is 1. The number of amides is 1. The number of aliphatic imine (C=N–C) groups is 1. The predicted molar refractivity (Wildman–Crippen MR) is 115 cm³/mol. The highest BCUT2D eigenvalue weighted by Crippen LogP contribution is 2.33. The molecule has 0 unspecified atom stereocenters. The number of allylic oxidation sites excluding steroid dienone is 2. The van der Waals surface area contributed by atoms with E-state index < -0.39 is 23.6 Å². The molecular formula is C23H27F4N3O2. The van der Waals surface area contributed by atoms with Crippen LogP contribution in [0.25, 0.3) is 0 Å². The second-order valence-electron chi connectivity index (χ2n) is 7.59. The van der Waals surface area contributed by atoms with E-state index in [1.54, 1.807) is 6.20 Å². The first-order chi connectivity index (χ1) is 15.0. The minimum Gasteiger partial charge on any atom is -0.456 e. The third kappa shape index (κ3) is 7.03. The van der Waals surface area contributed by atoms with Crippen molar-refractivity contribution < 1.29 is 27.1 Å². The van der Waals surface area contributed by atoms with Crippen LogP contribution >= 0.6 is 0 Å². The van der Waals surface area contributed by atoms with Crippen LogP contribution in [-0.4, -0.2) is 34.6 Å². The summed E-state index contributed by atoms with van der Waals surface area (Å²) in [6.07, 6.45) is 1.74. The highest BCUT2D eigenvalue weighted by atomic mass is 19.4. The van der Waals surface area contributed by atoms with E-state index >= 15 is 0 Å². The third-order valence-corrected chi connectivity index (χ3v) is 4.84. The number of nitrogens with zero attached hydrogens (tertiary/aromatic N) is 3.